The molecule has 1 heterocycles. The summed E-state index contributed by atoms with van der Waals surface area (Å²) in [5, 5.41) is 22.3. The van der Waals surface area contributed by atoms with Gasteiger partial charge in [-0.05, 0) is 0 Å². The van der Waals surface area contributed by atoms with Crippen molar-refractivity contribution in [2.45, 2.75) is 0 Å². The maximum absolute atomic E-state index is 10.3. The van der Waals surface area contributed by atoms with Crippen molar-refractivity contribution in [2.24, 2.45) is 5.16 Å². The predicted molar refractivity (Wildman–Crippen MR) is 32.5 cm³/mol. The van der Waals surface area contributed by atoms with Crippen molar-refractivity contribution in [1.82, 2.24) is 5.16 Å². The van der Waals surface area contributed by atoms with E-state index in [9.17, 15) is 4.79 Å². The molecule has 58 valence electrons. The first kappa shape index (κ1) is 7.26. The Labute approximate surface area is 60.7 Å². The lowest BCUT2D eigenvalue weighted by Crippen LogP contribution is -2.13. The average molecular weight is 156 g/mol. The van der Waals surface area contributed by atoms with Crippen molar-refractivity contribution >= 4 is 11.7 Å². The smallest absolute Gasteiger partial charge is 0.362 e. The topological polar surface area (TPSA) is 95.9 Å². The van der Waals surface area contributed by atoms with Gasteiger partial charge in [-0.25, -0.2) is 4.79 Å². The monoisotopic (exact) mass is 156 g/mol. The van der Waals surface area contributed by atoms with Crippen LogP contribution in [0, 0.1) is 0 Å². The van der Waals surface area contributed by atoms with Crippen LogP contribution in [0.2, 0.25) is 0 Å². The van der Waals surface area contributed by atoms with Crippen LogP contribution in [0.3, 0.4) is 0 Å². The Kier molecular flexibility index (Phi) is 1.86. The fourth-order valence-corrected chi connectivity index (χ4v) is 0.535. The van der Waals surface area contributed by atoms with E-state index >= 15 is 0 Å². The zero-order chi connectivity index (χ0) is 8.27. The second-order valence-electron chi connectivity index (χ2n) is 1.63. The molecule has 6 heteroatoms. The molecule has 0 bridgehead atoms. The average Bonchev–Trinajstić information content (AvgIpc) is 2.40. The van der Waals surface area contributed by atoms with E-state index in [4.69, 9.17) is 10.3 Å². The zero-order valence-corrected chi connectivity index (χ0v) is 5.26. The second kappa shape index (κ2) is 2.82. The van der Waals surface area contributed by atoms with Crippen LogP contribution in [0.15, 0.2) is 21.9 Å². The SMILES string of the molecule is O=C(O)/C(=N\O)c1ccno1. The summed E-state index contributed by atoms with van der Waals surface area (Å²) in [6.07, 6.45) is 1.25. The molecule has 1 aromatic rings. The molecule has 0 atom stereocenters. The highest BCUT2D eigenvalue weighted by molar-refractivity contribution is 6.41. The normalized spacial score (nSPS) is 11.5. The van der Waals surface area contributed by atoms with E-state index in [1.807, 2.05) is 0 Å². The lowest BCUT2D eigenvalue weighted by Gasteiger charge is -1.89. The minimum atomic E-state index is -1.37. The van der Waals surface area contributed by atoms with Gasteiger partial charge in [0.15, 0.2) is 5.76 Å². The summed E-state index contributed by atoms with van der Waals surface area (Å²) in [5.41, 5.74) is -0.567. The summed E-state index contributed by atoms with van der Waals surface area (Å²) in [6, 6.07) is 1.28. The van der Waals surface area contributed by atoms with Crippen molar-refractivity contribution < 1.29 is 19.6 Å². The minimum absolute atomic E-state index is 0.0833. The number of nitrogens with zero attached hydrogens (tertiary/aromatic N) is 2. The van der Waals surface area contributed by atoms with Crippen LogP contribution in [0.1, 0.15) is 5.76 Å². The Bertz CT molecular complexity index is 277. The molecule has 0 aromatic carbocycles. The van der Waals surface area contributed by atoms with Gasteiger partial charge in [0.25, 0.3) is 0 Å². The molecule has 1 rings (SSSR count). The van der Waals surface area contributed by atoms with Crippen LogP contribution < -0.4 is 0 Å². The van der Waals surface area contributed by atoms with Gasteiger partial charge in [0, 0.05) is 6.07 Å². The molecule has 0 unspecified atom stereocenters. The molecule has 6 nitrogen and oxygen atoms in total. The van der Waals surface area contributed by atoms with E-state index in [1.54, 1.807) is 0 Å². The number of aromatic nitrogens is 1. The number of hydrogen-bond acceptors (Lipinski definition) is 5. The predicted octanol–water partition coefficient (Wildman–Crippen LogP) is -0.0625. The highest BCUT2D eigenvalue weighted by atomic mass is 16.5. The van der Waals surface area contributed by atoms with Crippen LogP contribution in [0.5, 0.6) is 0 Å². The van der Waals surface area contributed by atoms with E-state index in [1.165, 1.54) is 12.3 Å². The molecular formula is C5H4N2O4. The fourth-order valence-electron chi connectivity index (χ4n) is 0.535. The molecule has 0 aliphatic rings. The van der Waals surface area contributed by atoms with Gasteiger partial charge < -0.3 is 14.8 Å². The van der Waals surface area contributed by atoms with Crippen LogP contribution in [-0.4, -0.2) is 27.2 Å². The summed E-state index contributed by atoms with van der Waals surface area (Å²) < 4.78 is 4.43. The van der Waals surface area contributed by atoms with E-state index < -0.39 is 11.7 Å². The largest absolute Gasteiger partial charge is 0.476 e. The van der Waals surface area contributed by atoms with Crippen LogP contribution in [0.25, 0.3) is 0 Å². The molecular weight excluding hydrogens is 152 g/mol. The van der Waals surface area contributed by atoms with Crippen molar-refractivity contribution in [3.63, 3.8) is 0 Å². The number of aliphatic carboxylic acids is 1. The van der Waals surface area contributed by atoms with Crippen LogP contribution in [0.4, 0.5) is 0 Å². The Morgan fingerprint density at radius 3 is 2.82 bits per heavy atom. The van der Waals surface area contributed by atoms with Gasteiger partial charge in [-0.1, -0.05) is 10.3 Å². The van der Waals surface area contributed by atoms with Gasteiger partial charge in [-0.3, -0.25) is 0 Å². The van der Waals surface area contributed by atoms with Gasteiger partial charge in [-0.15, -0.1) is 0 Å². The standard InChI is InChI=1S/C5H4N2O4/c8-5(9)4(7-10)3-1-2-6-11-3/h1-2,10H,(H,8,9)/b7-4-. The summed E-state index contributed by atoms with van der Waals surface area (Å²) in [7, 11) is 0. The summed E-state index contributed by atoms with van der Waals surface area (Å²) in [6.45, 7) is 0. The number of carbonyl (C=O) groups is 1. The molecule has 0 fully saturated rings. The minimum Gasteiger partial charge on any atom is -0.476 e. The molecule has 0 radical (unpaired) electrons. The molecule has 11 heavy (non-hydrogen) atoms. The maximum atomic E-state index is 10.3. The molecule has 0 saturated heterocycles. The fraction of sp³-hybridized carbons (Fsp3) is 0. The third-order valence-electron chi connectivity index (χ3n) is 0.974. The number of rotatable bonds is 2. The molecule has 0 saturated carbocycles. The highest BCUT2D eigenvalue weighted by Crippen LogP contribution is 1.98. The van der Waals surface area contributed by atoms with Gasteiger partial charge >= 0.3 is 5.97 Å². The molecule has 2 N–H and O–H groups in total. The molecule has 0 spiro atoms. The summed E-state index contributed by atoms with van der Waals surface area (Å²) >= 11 is 0. The first-order valence-electron chi connectivity index (χ1n) is 2.62. The molecule has 0 aliphatic carbocycles. The van der Waals surface area contributed by atoms with E-state index in [2.05, 4.69) is 14.8 Å². The quantitative estimate of drug-likeness (QED) is 0.355. The summed E-state index contributed by atoms with van der Waals surface area (Å²) in [5.74, 6) is -1.45. The third-order valence-corrected chi connectivity index (χ3v) is 0.974. The maximum Gasteiger partial charge on any atom is 0.362 e. The third kappa shape index (κ3) is 1.34. The summed E-state index contributed by atoms with van der Waals surface area (Å²) in [4.78, 5) is 10.3. The Morgan fingerprint density at radius 2 is 2.45 bits per heavy atom. The van der Waals surface area contributed by atoms with E-state index in [-0.39, 0.29) is 5.76 Å². The lowest BCUT2D eigenvalue weighted by atomic mass is 10.3. The number of oxime groups is 1. The van der Waals surface area contributed by atoms with Crippen molar-refractivity contribution in [3.05, 3.63) is 18.0 Å². The van der Waals surface area contributed by atoms with Crippen molar-refractivity contribution in [2.75, 3.05) is 0 Å². The van der Waals surface area contributed by atoms with E-state index in [0.29, 0.717) is 0 Å². The van der Waals surface area contributed by atoms with Crippen LogP contribution in [-0.2, 0) is 4.79 Å². The number of carboxylic acids is 1. The van der Waals surface area contributed by atoms with Gasteiger partial charge in [0.05, 0.1) is 6.20 Å². The first-order valence-corrected chi connectivity index (χ1v) is 2.62. The number of hydrogen-bond donors (Lipinski definition) is 2. The van der Waals surface area contributed by atoms with Gasteiger partial charge in [-0.2, -0.15) is 0 Å². The highest BCUT2D eigenvalue weighted by Gasteiger charge is 2.16. The Morgan fingerprint density at radius 1 is 1.73 bits per heavy atom. The molecule has 0 aliphatic heterocycles. The van der Waals surface area contributed by atoms with Gasteiger partial charge in [0.2, 0.25) is 5.71 Å². The van der Waals surface area contributed by atoms with E-state index in [0.717, 1.165) is 0 Å². The first-order chi connectivity index (χ1) is 5.25. The van der Waals surface area contributed by atoms with Crippen LogP contribution >= 0.6 is 0 Å². The Balaban J connectivity index is 2.99. The zero-order valence-electron chi connectivity index (χ0n) is 5.26. The van der Waals surface area contributed by atoms with Crippen molar-refractivity contribution in [1.29, 1.82) is 0 Å². The second-order valence-corrected chi connectivity index (χ2v) is 1.63. The lowest BCUT2D eigenvalue weighted by molar-refractivity contribution is -0.129. The number of carboxylic acid groups (broad SMARTS) is 1. The molecule has 1 aromatic heterocycles. The van der Waals surface area contributed by atoms with Gasteiger partial charge in [0.1, 0.15) is 0 Å². The molecule has 0 amide bonds. The Hall–Kier alpha value is -1.85. The van der Waals surface area contributed by atoms with Crippen molar-refractivity contribution in [3.8, 4) is 0 Å².